The Kier molecular flexibility index (Phi) is 4.45. The first-order valence-corrected chi connectivity index (χ1v) is 8.94. The van der Waals surface area contributed by atoms with E-state index in [-0.39, 0.29) is 29.9 Å². The van der Waals surface area contributed by atoms with Gasteiger partial charge in [0.2, 0.25) is 5.95 Å². The van der Waals surface area contributed by atoms with Crippen molar-refractivity contribution in [3.8, 4) is 0 Å². The topological polar surface area (TPSA) is 114 Å². The lowest BCUT2D eigenvalue weighted by atomic mass is 9.75. The van der Waals surface area contributed by atoms with Crippen LogP contribution in [0, 0.1) is 12.8 Å². The Labute approximate surface area is 156 Å². The zero-order valence-corrected chi connectivity index (χ0v) is 15.0. The number of nitrogens with two attached hydrogens (primary N) is 1. The standard InChI is InChI=1S/C20H21N5O2/c1-11-16(10-23-20(21)24-11)19(27)25-18(13-7-15(26)8-13)14-6-12-4-2-3-5-17(12)22-9-14/h2-6,9-10,13,15,18,26H,7-8H2,1H3,(H,25,27)(H2,21,23,24). The van der Waals surface area contributed by atoms with Crippen molar-refractivity contribution in [1.29, 1.82) is 0 Å². The summed E-state index contributed by atoms with van der Waals surface area (Å²) in [6.45, 7) is 1.73. The summed E-state index contributed by atoms with van der Waals surface area (Å²) in [6, 6.07) is 9.66. The number of nitrogen functional groups attached to an aromatic ring is 1. The number of hydrogen-bond donors (Lipinski definition) is 3. The number of nitrogens with zero attached hydrogens (tertiary/aromatic N) is 3. The molecule has 2 heterocycles. The van der Waals surface area contributed by atoms with Crippen LogP contribution in [0.25, 0.3) is 10.9 Å². The number of fused-ring (bicyclic) bond motifs is 1. The van der Waals surface area contributed by atoms with Crippen LogP contribution >= 0.6 is 0 Å². The minimum absolute atomic E-state index is 0.140. The van der Waals surface area contributed by atoms with Gasteiger partial charge in [0.15, 0.2) is 0 Å². The number of nitrogens with one attached hydrogen (secondary N) is 1. The first-order valence-electron chi connectivity index (χ1n) is 8.94. The molecule has 3 aromatic rings. The second-order valence-electron chi connectivity index (χ2n) is 7.03. The number of carbonyl (C=O) groups is 1. The summed E-state index contributed by atoms with van der Waals surface area (Å²) in [7, 11) is 0. The molecule has 0 saturated heterocycles. The summed E-state index contributed by atoms with van der Waals surface area (Å²) in [6.07, 6.45) is 4.22. The Hall–Kier alpha value is -3.06. The van der Waals surface area contributed by atoms with Gasteiger partial charge in [0.1, 0.15) is 0 Å². The fourth-order valence-corrected chi connectivity index (χ4v) is 3.56. The minimum Gasteiger partial charge on any atom is -0.393 e. The number of aliphatic hydroxyl groups excluding tert-OH is 1. The van der Waals surface area contributed by atoms with Gasteiger partial charge < -0.3 is 16.2 Å². The summed E-state index contributed by atoms with van der Waals surface area (Å²) in [5.74, 6) is 0.0374. The molecule has 4 rings (SSSR count). The molecule has 1 atom stereocenters. The van der Waals surface area contributed by atoms with Crippen LogP contribution in [0.15, 0.2) is 42.7 Å². The summed E-state index contributed by atoms with van der Waals surface area (Å²) >= 11 is 0. The highest BCUT2D eigenvalue weighted by molar-refractivity contribution is 5.95. The highest BCUT2D eigenvalue weighted by atomic mass is 16.3. The van der Waals surface area contributed by atoms with Crippen molar-refractivity contribution in [3.63, 3.8) is 0 Å². The van der Waals surface area contributed by atoms with Gasteiger partial charge in [-0.3, -0.25) is 9.78 Å². The molecule has 1 fully saturated rings. The van der Waals surface area contributed by atoms with E-state index >= 15 is 0 Å². The van der Waals surface area contributed by atoms with Crippen LogP contribution in [-0.2, 0) is 0 Å². The van der Waals surface area contributed by atoms with Crippen LogP contribution in [0.5, 0.6) is 0 Å². The van der Waals surface area contributed by atoms with E-state index < -0.39 is 0 Å². The molecule has 7 nitrogen and oxygen atoms in total. The molecule has 0 spiro atoms. The Morgan fingerprint density at radius 3 is 2.78 bits per heavy atom. The number of carbonyl (C=O) groups excluding carboxylic acids is 1. The fourth-order valence-electron chi connectivity index (χ4n) is 3.56. The van der Waals surface area contributed by atoms with E-state index in [0.29, 0.717) is 24.1 Å². The molecule has 4 N–H and O–H groups in total. The Bertz CT molecular complexity index is 1000. The number of rotatable bonds is 4. The summed E-state index contributed by atoms with van der Waals surface area (Å²) in [4.78, 5) is 25.3. The molecular weight excluding hydrogens is 342 g/mol. The molecule has 138 valence electrons. The highest BCUT2D eigenvalue weighted by Crippen LogP contribution is 2.38. The molecule has 1 aliphatic carbocycles. The van der Waals surface area contributed by atoms with Crippen molar-refractivity contribution in [2.45, 2.75) is 31.9 Å². The number of aromatic nitrogens is 3. The lowest BCUT2D eigenvalue weighted by molar-refractivity contribution is 0.0235. The quantitative estimate of drug-likeness (QED) is 0.654. The van der Waals surface area contributed by atoms with Gasteiger partial charge in [-0.05, 0) is 43.4 Å². The molecule has 1 aliphatic rings. The van der Waals surface area contributed by atoms with E-state index in [0.717, 1.165) is 16.5 Å². The van der Waals surface area contributed by atoms with E-state index in [9.17, 15) is 9.90 Å². The van der Waals surface area contributed by atoms with Crippen LogP contribution in [0.2, 0.25) is 0 Å². The van der Waals surface area contributed by atoms with E-state index in [1.54, 1.807) is 13.1 Å². The van der Waals surface area contributed by atoms with Crippen LogP contribution in [-0.4, -0.2) is 32.1 Å². The van der Waals surface area contributed by atoms with Crippen LogP contribution in [0.4, 0.5) is 5.95 Å². The van der Waals surface area contributed by atoms with E-state index in [1.165, 1.54) is 6.20 Å². The number of para-hydroxylation sites is 1. The van der Waals surface area contributed by atoms with Crippen molar-refractivity contribution in [2.75, 3.05) is 5.73 Å². The van der Waals surface area contributed by atoms with E-state index in [4.69, 9.17) is 5.73 Å². The van der Waals surface area contributed by atoms with Crippen molar-refractivity contribution in [3.05, 3.63) is 59.5 Å². The molecule has 0 radical (unpaired) electrons. The van der Waals surface area contributed by atoms with Gasteiger partial charge in [0, 0.05) is 17.8 Å². The molecule has 1 aromatic carbocycles. The van der Waals surface area contributed by atoms with Gasteiger partial charge >= 0.3 is 0 Å². The molecule has 1 unspecified atom stereocenters. The van der Waals surface area contributed by atoms with Gasteiger partial charge in [-0.15, -0.1) is 0 Å². The summed E-state index contributed by atoms with van der Waals surface area (Å²) in [5.41, 5.74) is 8.33. The number of hydrogen-bond acceptors (Lipinski definition) is 6. The molecule has 0 bridgehead atoms. The predicted molar refractivity (Wildman–Crippen MR) is 102 cm³/mol. The van der Waals surface area contributed by atoms with Crippen LogP contribution in [0.3, 0.4) is 0 Å². The first-order chi connectivity index (χ1) is 13.0. The maximum Gasteiger partial charge on any atom is 0.255 e. The monoisotopic (exact) mass is 363 g/mol. The van der Waals surface area contributed by atoms with Gasteiger partial charge in [-0.25, -0.2) is 9.97 Å². The molecule has 1 saturated carbocycles. The Morgan fingerprint density at radius 1 is 1.26 bits per heavy atom. The molecule has 7 heteroatoms. The number of anilines is 1. The average molecular weight is 363 g/mol. The van der Waals surface area contributed by atoms with Crippen molar-refractivity contribution in [1.82, 2.24) is 20.3 Å². The van der Waals surface area contributed by atoms with Crippen molar-refractivity contribution in [2.24, 2.45) is 5.92 Å². The zero-order chi connectivity index (χ0) is 19.0. The van der Waals surface area contributed by atoms with Gasteiger partial charge in [-0.1, -0.05) is 18.2 Å². The van der Waals surface area contributed by atoms with Crippen LogP contribution in [0.1, 0.15) is 40.5 Å². The highest BCUT2D eigenvalue weighted by Gasteiger charge is 2.36. The molecule has 1 amide bonds. The normalized spacial score (nSPS) is 20.1. The van der Waals surface area contributed by atoms with Gasteiger partial charge in [0.05, 0.1) is 28.9 Å². The molecule has 0 aliphatic heterocycles. The third kappa shape index (κ3) is 3.46. The first kappa shape index (κ1) is 17.4. The largest absolute Gasteiger partial charge is 0.393 e. The van der Waals surface area contributed by atoms with Gasteiger partial charge in [0.25, 0.3) is 5.91 Å². The third-order valence-electron chi connectivity index (χ3n) is 5.12. The van der Waals surface area contributed by atoms with E-state index in [2.05, 4.69) is 20.3 Å². The summed E-state index contributed by atoms with van der Waals surface area (Å²) in [5, 5.41) is 13.9. The second-order valence-corrected chi connectivity index (χ2v) is 7.03. The lowest BCUT2D eigenvalue weighted by Gasteiger charge is -2.38. The SMILES string of the molecule is Cc1nc(N)ncc1C(=O)NC(c1cnc2ccccc2c1)C1CC(O)C1. The van der Waals surface area contributed by atoms with Crippen LogP contribution < -0.4 is 11.1 Å². The Balaban J connectivity index is 1.65. The smallest absolute Gasteiger partial charge is 0.255 e. The predicted octanol–water partition coefficient (Wildman–Crippen LogP) is 2.16. The van der Waals surface area contributed by atoms with Crippen molar-refractivity contribution < 1.29 is 9.90 Å². The Morgan fingerprint density at radius 2 is 2.04 bits per heavy atom. The van der Waals surface area contributed by atoms with Gasteiger partial charge in [-0.2, -0.15) is 0 Å². The van der Waals surface area contributed by atoms with Crippen molar-refractivity contribution >= 4 is 22.8 Å². The fraction of sp³-hybridized carbons (Fsp3) is 0.300. The summed E-state index contributed by atoms with van der Waals surface area (Å²) < 4.78 is 0. The zero-order valence-electron chi connectivity index (χ0n) is 15.0. The second kappa shape index (κ2) is 6.92. The maximum atomic E-state index is 12.8. The number of amides is 1. The molecule has 2 aromatic heterocycles. The molecular formula is C20H21N5O2. The average Bonchev–Trinajstić information content (AvgIpc) is 2.63. The third-order valence-corrected chi connectivity index (χ3v) is 5.12. The maximum absolute atomic E-state index is 12.8. The minimum atomic E-state index is -0.315. The lowest BCUT2D eigenvalue weighted by Crippen LogP contribution is -2.41. The number of benzene rings is 1. The van der Waals surface area contributed by atoms with E-state index in [1.807, 2.05) is 30.3 Å². The number of aliphatic hydroxyl groups is 1. The number of pyridine rings is 1. The molecule has 27 heavy (non-hydrogen) atoms. The number of aryl methyl sites for hydroxylation is 1.